The van der Waals surface area contributed by atoms with Gasteiger partial charge in [-0.2, -0.15) is 5.26 Å². The number of rotatable bonds is 3. The zero-order valence-electron chi connectivity index (χ0n) is 10.5. The number of aromatic nitrogens is 1. The van der Waals surface area contributed by atoms with Gasteiger partial charge in [-0.15, -0.1) is 0 Å². The molecule has 0 spiro atoms. The van der Waals surface area contributed by atoms with Crippen LogP contribution in [0.3, 0.4) is 0 Å². The van der Waals surface area contributed by atoms with E-state index in [9.17, 15) is 14.0 Å². The molecule has 1 aromatic heterocycles. The Kier molecular flexibility index (Phi) is 3.90. The van der Waals surface area contributed by atoms with Gasteiger partial charge in [-0.1, -0.05) is 0 Å². The number of anilines is 1. The summed E-state index contributed by atoms with van der Waals surface area (Å²) < 4.78 is 13.0. The Labute approximate surface area is 118 Å². The molecular weight excluding hydrogens is 277 g/mol. The number of carboxylic acids is 1. The predicted molar refractivity (Wildman–Crippen MR) is 70.3 cm³/mol. The summed E-state index contributed by atoms with van der Waals surface area (Å²) in [5.74, 6) is -2.71. The van der Waals surface area contributed by atoms with E-state index in [2.05, 4.69) is 10.3 Å². The van der Waals surface area contributed by atoms with E-state index in [0.717, 1.165) is 12.1 Å². The van der Waals surface area contributed by atoms with Crippen LogP contribution >= 0.6 is 0 Å². The number of nitrogens with zero attached hydrogens (tertiary/aromatic N) is 2. The summed E-state index contributed by atoms with van der Waals surface area (Å²) in [6.45, 7) is 0. The van der Waals surface area contributed by atoms with Gasteiger partial charge >= 0.3 is 5.97 Å². The molecule has 0 fully saturated rings. The summed E-state index contributed by atoms with van der Waals surface area (Å²) in [5.41, 5.74) is -0.559. The largest absolute Gasteiger partial charge is 0.478 e. The molecule has 2 rings (SSSR count). The first kappa shape index (κ1) is 14.1. The molecule has 2 N–H and O–H groups in total. The summed E-state index contributed by atoms with van der Waals surface area (Å²) in [6.07, 6.45) is 1.28. The number of nitriles is 1. The molecule has 6 nitrogen and oxygen atoms in total. The molecule has 0 saturated carbocycles. The molecule has 0 saturated heterocycles. The van der Waals surface area contributed by atoms with Crippen LogP contribution in [0.15, 0.2) is 36.5 Å². The number of carbonyl (C=O) groups excluding carboxylic acids is 1. The van der Waals surface area contributed by atoms with Crippen LogP contribution in [-0.4, -0.2) is 22.0 Å². The third-order valence-electron chi connectivity index (χ3n) is 2.60. The van der Waals surface area contributed by atoms with E-state index in [1.807, 2.05) is 0 Å². The average Bonchev–Trinajstić information content (AvgIpc) is 2.48. The monoisotopic (exact) mass is 285 g/mol. The lowest BCUT2D eigenvalue weighted by Crippen LogP contribution is -2.18. The summed E-state index contributed by atoms with van der Waals surface area (Å²) in [4.78, 5) is 26.8. The number of aromatic carboxylic acids is 1. The minimum atomic E-state index is -1.30. The Bertz CT molecular complexity index is 768. The Morgan fingerprint density at radius 1 is 1.33 bits per heavy atom. The highest BCUT2D eigenvalue weighted by Gasteiger charge is 2.18. The van der Waals surface area contributed by atoms with Gasteiger partial charge in [0, 0.05) is 6.20 Å². The van der Waals surface area contributed by atoms with Crippen LogP contribution in [0.5, 0.6) is 0 Å². The minimum absolute atomic E-state index is 0.0730. The normalized spacial score (nSPS) is 9.71. The van der Waals surface area contributed by atoms with Crippen LogP contribution in [-0.2, 0) is 0 Å². The summed E-state index contributed by atoms with van der Waals surface area (Å²) in [6, 6.07) is 7.62. The first-order chi connectivity index (χ1) is 10.0. The molecule has 1 aromatic carbocycles. The van der Waals surface area contributed by atoms with E-state index in [0.29, 0.717) is 0 Å². The van der Waals surface area contributed by atoms with E-state index >= 15 is 0 Å². The lowest BCUT2D eigenvalue weighted by atomic mass is 10.1. The quantitative estimate of drug-likeness (QED) is 0.898. The highest BCUT2D eigenvalue weighted by molar-refractivity contribution is 6.09. The number of nitrogens with one attached hydrogen (secondary N) is 1. The zero-order chi connectivity index (χ0) is 15.4. The summed E-state index contributed by atoms with van der Waals surface area (Å²) in [5, 5.41) is 20.2. The molecule has 2 aromatic rings. The van der Waals surface area contributed by atoms with Gasteiger partial charge in [0.2, 0.25) is 0 Å². The highest BCUT2D eigenvalue weighted by Crippen LogP contribution is 2.17. The van der Waals surface area contributed by atoms with Gasteiger partial charge in [0.25, 0.3) is 5.91 Å². The fraction of sp³-hybridized carbons (Fsp3) is 0. The van der Waals surface area contributed by atoms with Crippen molar-refractivity contribution in [2.24, 2.45) is 0 Å². The number of hydrogen-bond donors (Lipinski definition) is 2. The van der Waals surface area contributed by atoms with Crippen LogP contribution < -0.4 is 5.32 Å². The highest BCUT2D eigenvalue weighted by atomic mass is 19.1. The molecular formula is C14H8FN3O3. The van der Waals surface area contributed by atoms with E-state index in [-0.39, 0.29) is 22.5 Å². The maximum absolute atomic E-state index is 13.0. The molecule has 7 heteroatoms. The molecule has 0 atom stereocenters. The maximum atomic E-state index is 13.0. The van der Waals surface area contributed by atoms with Crippen molar-refractivity contribution < 1.29 is 19.1 Å². The maximum Gasteiger partial charge on any atom is 0.338 e. The molecule has 21 heavy (non-hydrogen) atoms. The Morgan fingerprint density at radius 2 is 2.10 bits per heavy atom. The topological polar surface area (TPSA) is 103 Å². The van der Waals surface area contributed by atoms with Crippen LogP contribution in [0.4, 0.5) is 10.1 Å². The van der Waals surface area contributed by atoms with Crippen molar-refractivity contribution >= 4 is 17.6 Å². The third kappa shape index (κ3) is 3.01. The summed E-state index contributed by atoms with van der Waals surface area (Å²) in [7, 11) is 0. The van der Waals surface area contributed by atoms with Gasteiger partial charge in [-0.3, -0.25) is 9.78 Å². The number of hydrogen-bond acceptors (Lipinski definition) is 4. The number of benzene rings is 1. The van der Waals surface area contributed by atoms with Crippen molar-refractivity contribution in [2.75, 3.05) is 5.32 Å². The van der Waals surface area contributed by atoms with Crippen LogP contribution in [0.2, 0.25) is 0 Å². The van der Waals surface area contributed by atoms with Gasteiger partial charge in [0.15, 0.2) is 0 Å². The lowest BCUT2D eigenvalue weighted by Gasteiger charge is -2.08. The second-order valence-corrected chi connectivity index (χ2v) is 3.96. The van der Waals surface area contributed by atoms with Crippen LogP contribution in [0, 0.1) is 17.1 Å². The van der Waals surface area contributed by atoms with Crippen molar-refractivity contribution in [1.29, 1.82) is 5.26 Å². The van der Waals surface area contributed by atoms with E-state index < -0.39 is 17.7 Å². The minimum Gasteiger partial charge on any atom is -0.478 e. The van der Waals surface area contributed by atoms with Gasteiger partial charge in [0.05, 0.1) is 16.8 Å². The van der Waals surface area contributed by atoms with Crippen molar-refractivity contribution in [2.45, 2.75) is 0 Å². The zero-order valence-corrected chi connectivity index (χ0v) is 10.5. The molecule has 0 aliphatic carbocycles. The number of amides is 1. The van der Waals surface area contributed by atoms with Crippen molar-refractivity contribution in [3.63, 3.8) is 0 Å². The Balaban J connectivity index is 2.36. The lowest BCUT2D eigenvalue weighted by molar-refractivity contribution is 0.0691. The predicted octanol–water partition coefficient (Wildman–Crippen LogP) is 2.04. The van der Waals surface area contributed by atoms with Gasteiger partial charge in [0.1, 0.15) is 17.6 Å². The standard InChI is InChI=1S/C14H8FN3O3/c15-9-3-4-11(8(6-9)7-16)18-13(19)12-10(14(20)21)2-1-5-17-12/h1-6H,(H,18,19)(H,20,21). The molecule has 104 valence electrons. The number of carbonyl (C=O) groups is 2. The fourth-order valence-corrected chi connectivity index (χ4v) is 1.66. The molecule has 0 radical (unpaired) electrons. The molecule has 0 unspecified atom stereocenters. The third-order valence-corrected chi connectivity index (χ3v) is 2.60. The molecule has 1 heterocycles. The van der Waals surface area contributed by atoms with Gasteiger partial charge in [-0.25, -0.2) is 9.18 Å². The number of pyridine rings is 1. The van der Waals surface area contributed by atoms with Crippen LogP contribution in [0.25, 0.3) is 0 Å². The second kappa shape index (κ2) is 5.79. The second-order valence-electron chi connectivity index (χ2n) is 3.96. The summed E-state index contributed by atoms with van der Waals surface area (Å²) >= 11 is 0. The Hall–Kier alpha value is -3.27. The SMILES string of the molecule is N#Cc1cc(F)ccc1NC(=O)c1ncccc1C(=O)O. The van der Waals surface area contributed by atoms with Crippen LogP contribution in [0.1, 0.15) is 26.4 Å². The van der Waals surface area contributed by atoms with E-state index in [4.69, 9.17) is 10.4 Å². The van der Waals surface area contributed by atoms with E-state index in [1.165, 1.54) is 24.4 Å². The first-order valence-electron chi connectivity index (χ1n) is 5.72. The fourth-order valence-electron chi connectivity index (χ4n) is 1.66. The van der Waals surface area contributed by atoms with Crippen molar-refractivity contribution in [1.82, 2.24) is 4.98 Å². The number of halogens is 1. The van der Waals surface area contributed by atoms with Gasteiger partial charge in [-0.05, 0) is 30.3 Å². The Morgan fingerprint density at radius 3 is 2.76 bits per heavy atom. The molecule has 0 aliphatic heterocycles. The number of carboxylic acid groups (broad SMARTS) is 1. The molecule has 0 bridgehead atoms. The van der Waals surface area contributed by atoms with Crippen molar-refractivity contribution in [3.8, 4) is 6.07 Å². The smallest absolute Gasteiger partial charge is 0.338 e. The van der Waals surface area contributed by atoms with E-state index in [1.54, 1.807) is 6.07 Å². The van der Waals surface area contributed by atoms with Crippen molar-refractivity contribution in [3.05, 3.63) is 59.2 Å². The average molecular weight is 285 g/mol. The molecule has 1 amide bonds. The van der Waals surface area contributed by atoms with Gasteiger partial charge < -0.3 is 10.4 Å². The first-order valence-corrected chi connectivity index (χ1v) is 5.72. The molecule has 0 aliphatic rings.